The number of amides is 1. The van der Waals surface area contributed by atoms with Crippen LogP contribution in [0.3, 0.4) is 0 Å². The largest absolute Gasteiger partial charge is 0.399 e. The Labute approximate surface area is 123 Å². The van der Waals surface area contributed by atoms with Gasteiger partial charge in [-0.3, -0.25) is 4.79 Å². The Hall–Kier alpha value is -2.57. The zero-order chi connectivity index (χ0) is 15.6. The van der Waals surface area contributed by atoms with E-state index in [4.69, 9.17) is 5.73 Å². The first-order chi connectivity index (χ1) is 9.90. The zero-order valence-corrected chi connectivity index (χ0v) is 12.7. The number of carbonyl (C=O) groups is 1. The van der Waals surface area contributed by atoms with Crippen molar-refractivity contribution in [1.29, 1.82) is 0 Å². The van der Waals surface area contributed by atoms with Gasteiger partial charge < -0.3 is 20.5 Å². The van der Waals surface area contributed by atoms with Crippen molar-refractivity contribution in [2.24, 2.45) is 7.05 Å². The topological polar surface area (TPSA) is 89.1 Å². The lowest BCUT2D eigenvalue weighted by Gasteiger charge is -2.19. The van der Waals surface area contributed by atoms with Crippen LogP contribution in [0.4, 0.5) is 11.4 Å². The highest BCUT2D eigenvalue weighted by molar-refractivity contribution is 6.00. The monoisotopic (exact) mass is 288 g/mol. The van der Waals surface area contributed by atoms with Gasteiger partial charge in [-0.2, -0.15) is 0 Å². The second kappa shape index (κ2) is 5.82. The number of hydrogen-bond acceptors (Lipinski definition) is 5. The van der Waals surface area contributed by atoms with Gasteiger partial charge in [0.25, 0.3) is 5.91 Å². The molecule has 112 valence electrons. The molecule has 7 nitrogen and oxygen atoms in total. The lowest BCUT2D eigenvalue weighted by Crippen LogP contribution is -2.23. The van der Waals surface area contributed by atoms with Gasteiger partial charge in [-0.25, -0.2) is 0 Å². The highest BCUT2D eigenvalue weighted by atomic mass is 16.2. The number of rotatable bonds is 4. The van der Waals surface area contributed by atoms with E-state index in [2.05, 4.69) is 15.5 Å². The normalized spacial score (nSPS) is 12.0. The molecule has 0 bridgehead atoms. The van der Waals surface area contributed by atoms with Crippen LogP contribution in [0.25, 0.3) is 0 Å². The van der Waals surface area contributed by atoms with Crippen LogP contribution in [0.5, 0.6) is 0 Å². The van der Waals surface area contributed by atoms with E-state index in [1.807, 2.05) is 18.5 Å². The fourth-order valence-corrected chi connectivity index (χ4v) is 2.09. The van der Waals surface area contributed by atoms with Crippen LogP contribution in [0, 0.1) is 0 Å². The van der Waals surface area contributed by atoms with Crippen molar-refractivity contribution in [1.82, 2.24) is 19.7 Å². The average molecular weight is 288 g/mol. The van der Waals surface area contributed by atoms with Crippen molar-refractivity contribution in [3.63, 3.8) is 0 Å². The highest BCUT2D eigenvalue weighted by Gasteiger charge is 2.17. The van der Waals surface area contributed by atoms with E-state index in [1.165, 1.54) is 4.90 Å². The summed E-state index contributed by atoms with van der Waals surface area (Å²) in [5.41, 5.74) is 7.68. The molecule has 0 aliphatic heterocycles. The second-order valence-electron chi connectivity index (χ2n) is 5.17. The summed E-state index contributed by atoms with van der Waals surface area (Å²) in [6.07, 6.45) is 1.64. The Balaban J connectivity index is 2.33. The van der Waals surface area contributed by atoms with Crippen LogP contribution < -0.4 is 11.1 Å². The minimum Gasteiger partial charge on any atom is -0.399 e. The molecule has 1 amide bonds. The molecular formula is C14H20N6O. The summed E-state index contributed by atoms with van der Waals surface area (Å²) in [6, 6.07) is 5.09. The van der Waals surface area contributed by atoms with Gasteiger partial charge in [0.1, 0.15) is 6.33 Å². The van der Waals surface area contributed by atoms with Gasteiger partial charge in [0.05, 0.1) is 11.6 Å². The average Bonchev–Trinajstić information content (AvgIpc) is 2.84. The van der Waals surface area contributed by atoms with E-state index in [0.29, 0.717) is 16.9 Å². The molecule has 3 N–H and O–H groups in total. The molecule has 0 saturated carbocycles. The third kappa shape index (κ3) is 3.13. The number of anilines is 2. The summed E-state index contributed by atoms with van der Waals surface area (Å²) in [5.74, 6) is 0.698. The molecular weight excluding hydrogens is 268 g/mol. The lowest BCUT2D eigenvalue weighted by atomic mass is 10.1. The number of aryl methyl sites for hydroxylation is 1. The number of nitrogen functional groups attached to an aromatic ring is 1. The van der Waals surface area contributed by atoms with Crippen molar-refractivity contribution in [3.05, 3.63) is 35.9 Å². The number of nitrogens with zero attached hydrogens (tertiary/aromatic N) is 4. The smallest absolute Gasteiger partial charge is 0.255 e. The molecule has 0 radical (unpaired) electrons. The van der Waals surface area contributed by atoms with E-state index in [-0.39, 0.29) is 11.9 Å². The Morgan fingerprint density at radius 2 is 2.14 bits per heavy atom. The molecule has 1 atom stereocenters. The SMILES string of the molecule is CC(Nc1cc(N)ccc1C(=O)N(C)C)c1nncn1C. The van der Waals surface area contributed by atoms with Crippen LogP contribution >= 0.6 is 0 Å². The summed E-state index contributed by atoms with van der Waals surface area (Å²) < 4.78 is 1.83. The van der Waals surface area contributed by atoms with E-state index < -0.39 is 0 Å². The fourth-order valence-electron chi connectivity index (χ4n) is 2.09. The predicted octanol–water partition coefficient (Wildman–Crippen LogP) is 1.27. The minimum atomic E-state index is -0.104. The summed E-state index contributed by atoms with van der Waals surface area (Å²) >= 11 is 0. The predicted molar refractivity (Wildman–Crippen MR) is 81.9 cm³/mol. The second-order valence-corrected chi connectivity index (χ2v) is 5.17. The number of aromatic nitrogens is 3. The fraction of sp³-hybridized carbons (Fsp3) is 0.357. The molecule has 1 aromatic heterocycles. The third-order valence-electron chi connectivity index (χ3n) is 3.19. The van der Waals surface area contributed by atoms with Gasteiger partial charge in [0, 0.05) is 32.5 Å². The molecule has 0 aliphatic carbocycles. The Morgan fingerprint density at radius 3 is 2.71 bits per heavy atom. The molecule has 2 aromatic rings. The van der Waals surface area contributed by atoms with Gasteiger partial charge in [0.15, 0.2) is 5.82 Å². The molecule has 1 heterocycles. The summed E-state index contributed by atoms with van der Waals surface area (Å²) in [4.78, 5) is 13.8. The van der Waals surface area contributed by atoms with Crippen molar-refractivity contribution >= 4 is 17.3 Å². The van der Waals surface area contributed by atoms with Crippen molar-refractivity contribution in [3.8, 4) is 0 Å². The van der Waals surface area contributed by atoms with Crippen LogP contribution in [0.2, 0.25) is 0 Å². The molecule has 2 rings (SSSR count). The van der Waals surface area contributed by atoms with E-state index in [0.717, 1.165) is 5.82 Å². The number of hydrogen-bond donors (Lipinski definition) is 2. The summed E-state index contributed by atoms with van der Waals surface area (Å²) in [6.45, 7) is 1.96. The number of nitrogens with one attached hydrogen (secondary N) is 1. The molecule has 0 aliphatic rings. The summed E-state index contributed by atoms with van der Waals surface area (Å²) in [7, 11) is 5.31. The Bertz CT molecular complexity index is 649. The van der Waals surface area contributed by atoms with Gasteiger partial charge in [-0.05, 0) is 25.1 Å². The Kier molecular flexibility index (Phi) is 4.11. The molecule has 0 spiro atoms. The quantitative estimate of drug-likeness (QED) is 0.827. The van der Waals surface area contributed by atoms with Gasteiger partial charge >= 0.3 is 0 Å². The summed E-state index contributed by atoms with van der Waals surface area (Å²) in [5, 5.41) is 11.2. The maximum Gasteiger partial charge on any atom is 0.255 e. The van der Waals surface area contributed by atoms with Crippen molar-refractivity contribution < 1.29 is 4.79 Å². The number of carbonyl (C=O) groups excluding carboxylic acids is 1. The molecule has 0 saturated heterocycles. The van der Waals surface area contributed by atoms with Crippen LogP contribution in [0.15, 0.2) is 24.5 Å². The molecule has 1 unspecified atom stereocenters. The highest BCUT2D eigenvalue weighted by Crippen LogP contribution is 2.24. The van der Waals surface area contributed by atoms with Crippen molar-refractivity contribution in [2.75, 3.05) is 25.1 Å². The lowest BCUT2D eigenvalue weighted by molar-refractivity contribution is 0.0828. The van der Waals surface area contributed by atoms with Crippen LogP contribution in [-0.4, -0.2) is 39.7 Å². The third-order valence-corrected chi connectivity index (χ3v) is 3.19. The van der Waals surface area contributed by atoms with E-state index >= 15 is 0 Å². The standard InChI is InChI=1S/C14H20N6O/c1-9(13-18-16-8-20(13)4)17-12-7-10(15)5-6-11(12)14(21)19(2)3/h5-9,17H,15H2,1-4H3. The zero-order valence-electron chi connectivity index (χ0n) is 12.7. The maximum absolute atomic E-state index is 12.2. The van der Waals surface area contributed by atoms with Gasteiger partial charge in [-0.15, -0.1) is 10.2 Å². The Morgan fingerprint density at radius 1 is 1.43 bits per heavy atom. The van der Waals surface area contributed by atoms with Crippen LogP contribution in [-0.2, 0) is 7.05 Å². The molecule has 21 heavy (non-hydrogen) atoms. The maximum atomic E-state index is 12.2. The first-order valence-electron chi connectivity index (χ1n) is 6.61. The van der Waals surface area contributed by atoms with Crippen molar-refractivity contribution in [2.45, 2.75) is 13.0 Å². The van der Waals surface area contributed by atoms with Gasteiger partial charge in [0.2, 0.25) is 0 Å². The van der Waals surface area contributed by atoms with Crippen LogP contribution in [0.1, 0.15) is 29.1 Å². The first kappa shape index (κ1) is 14.8. The minimum absolute atomic E-state index is 0.0809. The van der Waals surface area contributed by atoms with E-state index in [1.54, 1.807) is 38.6 Å². The number of nitrogens with two attached hydrogens (primary N) is 1. The molecule has 0 fully saturated rings. The molecule has 7 heteroatoms. The van der Waals surface area contributed by atoms with Gasteiger partial charge in [-0.1, -0.05) is 0 Å². The number of benzene rings is 1. The van der Waals surface area contributed by atoms with E-state index in [9.17, 15) is 4.79 Å². The first-order valence-corrected chi connectivity index (χ1v) is 6.61. The molecule has 1 aromatic carbocycles.